The van der Waals surface area contributed by atoms with Crippen LogP contribution in [0, 0.1) is 0 Å². The van der Waals surface area contributed by atoms with E-state index in [1.807, 2.05) is 0 Å². The molecule has 0 spiro atoms. The molecule has 0 saturated carbocycles. The van der Waals surface area contributed by atoms with Crippen molar-refractivity contribution in [3.63, 3.8) is 0 Å². The monoisotopic (exact) mass is 508 g/mol. The third-order valence-corrected chi connectivity index (χ3v) is 7.68. The summed E-state index contributed by atoms with van der Waals surface area (Å²) in [5.41, 5.74) is 0.860. The first kappa shape index (κ1) is 31.6. The first-order chi connectivity index (χ1) is 16.9. The topological polar surface area (TPSA) is 89.3 Å². The highest BCUT2D eigenvalue weighted by atomic mass is 32.2. The number of primary sulfonamides is 1. The zero-order chi connectivity index (χ0) is 25.6. The molecule has 1 amide bonds. The number of carbonyl (C=O) groups excluding carboxylic acids is 1. The molecule has 0 fully saturated rings. The quantitative estimate of drug-likeness (QED) is 0.148. The van der Waals surface area contributed by atoms with Crippen molar-refractivity contribution in [2.75, 3.05) is 0 Å². The Bertz CT molecular complexity index is 748. The van der Waals surface area contributed by atoms with Gasteiger partial charge in [-0.15, -0.1) is 0 Å². The summed E-state index contributed by atoms with van der Waals surface area (Å²) in [5, 5.41) is 7.99. The smallest absolute Gasteiger partial charge is 0.238 e. The highest BCUT2D eigenvalue weighted by molar-refractivity contribution is 7.89. The number of hydrogen-bond donors (Lipinski definition) is 2. The minimum absolute atomic E-state index is 0.0486. The second-order valence-corrected chi connectivity index (χ2v) is 11.6. The molecule has 0 radical (unpaired) electrons. The summed E-state index contributed by atoms with van der Waals surface area (Å²) in [6.07, 6.45) is 26.1. The molecule has 0 aliphatic carbocycles. The van der Waals surface area contributed by atoms with E-state index in [0.29, 0.717) is 13.0 Å². The van der Waals surface area contributed by atoms with Gasteiger partial charge in [-0.3, -0.25) is 4.79 Å². The molecule has 0 bridgehead atoms. The lowest BCUT2D eigenvalue weighted by atomic mass is 10.0. The zero-order valence-electron chi connectivity index (χ0n) is 22.4. The Labute approximate surface area is 216 Å². The normalized spacial score (nSPS) is 11.6. The molecule has 0 aliphatic heterocycles. The van der Waals surface area contributed by atoms with Crippen molar-refractivity contribution >= 4 is 15.9 Å². The maximum absolute atomic E-state index is 12.0. The fourth-order valence-corrected chi connectivity index (χ4v) is 4.97. The van der Waals surface area contributed by atoms with Crippen LogP contribution in [0.25, 0.3) is 0 Å². The summed E-state index contributed by atoms with van der Waals surface area (Å²) in [7, 11) is -3.67. The maximum atomic E-state index is 12.0. The van der Waals surface area contributed by atoms with Gasteiger partial charge in [0.25, 0.3) is 0 Å². The van der Waals surface area contributed by atoms with Gasteiger partial charge in [0.05, 0.1) is 4.90 Å². The Morgan fingerprint density at radius 3 is 1.40 bits per heavy atom. The number of nitrogens with two attached hydrogens (primary N) is 1. The van der Waals surface area contributed by atoms with E-state index in [1.165, 1.54) is 121 Å². The van der Waals surface area contributed by atoms with Gasteiger partial charge in [-0.1, -0.05) is 135 Å². The molecule has 202 valence electrons. The average Bonchev–Trinajstić information content (AvgIpc) is 2.84. The highest BCUT2D eigenvalue weighted by Crippen LogP contribution is 2.15. The summed E-state index contributed by atoms with van der Waals surface area (Å²) >= 11 is 0. The first-order valence-corrected chi connectivity index (χ1v) is 15.9. The molecule has 1 rings (SSSR count). The Kier molecular flexibility index (Phi) is 18.8. The molecule has 0 aliphatic rings. The Morgan fingerprint density at radius 2 is 1.03 bits per heavy atom. The Morgan fingerprint density at radius 1 is 0.657 bits per heavy atom. The highest BCUT2D eigenvalue weighted by Gasteiger charge is 2.07. The molecule has 0 saturated heterocycles. The molecular formula is C29H52N2O3S. The summed E-state index contributed by atoms with van der Waals surface area (Å²) in [5.74, 6) is 0.0486. The van der Waals surface area contributed by atoms with Crippen molar-refractivity contribution in [3.05, 3.63) is 29.8 Å². The summed E-state index contributed by atoms with van der Waals surface area (Å²) in [6, 6.07) is 6.29. The number of amides is 1. The molecule has 0 heterocycles. The molecule has 0 atom stereocenters. The number of hydrogen-bond acceptors (Lipinski definition) is 3. The van der Waals surface area contributed by atoms with Crippen molar-refractivity contribution in [2.24, 2.45) is 5.14 Å². The third kappa shape index (κ3) is 18.5. The number of sulfonamides is 1. The van der Waals surface area contributed by atoms with E-state index in [9.17, 15) is 13.2 Å². The van der Waals surface area contributed by atoms with Crippen molar-refractivity contribution < 1.29 is 13.2 Å². The second-order valence-electron chi connectivity index (χ2n) is 10.1. The van der Waals surface area contributed by atoms with Crippen LogP contribution in [-0.4, -0.2) is 14.3 Å². The SMILES string of the molecule is CCCCCCCCCCCCCCCCCCCCCC(=O)NCc1ccc(S(N)(=O)=O)cc1. The molecule has 5 nitrogen and oxygen atoms in total. The average molecular weight is 509 g/mol. The van der Waals surface area contributed by atoms with Crippen LogP contribution >= 0.6 is 0 Å². The zero-order valence-corrected chi connectivity index (χ0v) is 23.2. The predicted octanol–water partition coefficient (Wildman–Crippen LogP) is 7.77. The second kappa shape index (κ2) is 20.8. The Balaban J connectivity index is 1.83. The lowest BCUT2D eigenvalue weighted by Gasteiger charge is -2.06. The molecule has 0 unspecified atom stereocenters. The van der Waals surface area contributed by atoms with Crippen molar-refractivity contribution in [1.82, 2.24) is 5.32 Å². The number of carbonyl (C=O) groups is 1. The molecule has 6 heteroatoms. The van der Waals surface area contributed by atoms with Crippen LogP contribution in [0.4, 0.5) is 0 Å². The van der Waals surface area contributed by atoms with E-state index in [2.05, 4.69) is 12.2 Å². The molecule has 0 aromatic heterocycles. The van der Waals surface area contributed by atoms with Crippen molar-refractivity contribution in [2.45, 2.75) is 147 Å². The minimum Gasteiger partial charge on any atom is -0.352 e. The number of nitrogens with one attached hydrogen (secondary N) is 1. The molecule has 1 aromatic carbocycles. The van der Waals surface area contributed by atoms with Gasteiger partial charge in [-0.2, -0.15) is 0 Å². The van der Waals surface area contributed by atoms with E-state index in [4.69, 9.17) is 5.14 Å². The molecule has 35 heavy (non-hydrogen) atoms. The van der Waals surface area contributed by atoms with Crippen LogP contribution in [-0.2, 0) is 21.4 Å². The maximum Gasteiger partial charge on any atom is 0.238 e. The van der Waals surface area contributed by atoms with Crippen LogP contribution < -0.4 is 10.5 Å². The number of benzene rings is 1. The minimum atomic E-state index is -3.67. The fraction of sp³-hybridized carbons (Fsp3) is 0.759. The largest absolute Gasteiger partial charge is 0.352 e. The van der Waals surface area contributed by atoms with Crippen molar-refractivity contribution in [3.8, 4) is 0 Å². The summed E-state index contributed by atoms with van der Waals surface area (Å²) in [6.45, 7) is 2.68. The van der Waals surface area contributed by atoms with Gasteiger partial charge in [0, 0.05) is 13.0 Å². The van der Waals surface area contributed by atoms with Gasteiger partial charge >= 0.3 is 0 Å². The van der Waals surface area contributed by atoms with Gasteiger partial charge in [-0.05, 0) is 24.1 Å². The van der Waals surface area contributed by atoms with Crippen LogP contribution in [0.5, 0.6) is 0 Å². The van der Waals surface area contributed by atoms with Crippen LogP contribution in [0.3, 0.4) is 0 Å². The summed E-state index contributed by atoms with van der Waals surface area (Å²) in [4.78, 5) is 12.1. The lowest BCUT2D eigenvalue weighted by Crippen LogP contribution is -2.22. The van der Waals surface area contributed by atoms with E-state index < -0.39 is 10.0 Å². The van der Waals surface area contributed by atoms with Crippen LogP contribution in [0.1, 0.15) is 141 Å². The van der Waals surface area contributed by atoms with Gasteiger partial charge in [0.1, 0.15) is 0 Å². The van der Waals surface area contributed by atoms with Gasteiger partial charge < -0.3 is 5.32 Å². The van der Waals surface area contributed by atoms with E-state index in [-0.39, 0.29) is 10.8 Å². The van der Waals surface area contributed by atoms with Crippen molar-refractivity contribution in [1.29, 1.82) is 0 Å². The van der Waals surface area contributed by atoms with E-state index in [0.717, 1.165) is 18.4 Å². The predicted molar refractivity (Wildman–Crippen MR) is 148 cm³/mol. The number of rotatable bonds is 23. The third-order valence-electron chi connectivity index (χ3n) is 6.75. The Hall–Kier alpha value is -1.40. The summed E-state index contributed by atoms with van der Waals surface area (Å²) < 4.78 is 22.5. The van der Waals surface area contributed by atoms with Crippen LogP contribution in [0.2, 0.25) is 0 Å². The van der Waals surface area contributed by atoms with Crippen LogP contribution in [0.15, 0.2) is 29.2 Å². The molecule has 1 aromatic rings. The van der Waals surface area contributed by atoms with Gasteiger partial charge in [-0.25, -0.2) is 13.6 Å². The standard InChI is InChI=1S/C29H52N2O3S/c1-2-3-4-5-6-7-8-9-10-11-12-13-14-15-16-17-18-19-20-21-29(32)31-26-27-22-24-28(25-23-27)35(30,33)34/h22-25H,2-21,26H2,1H3,(H,31,32)(H2,30,33,34). The molecule has 3 N–H and O–H groups in total. The lowest BCUT2D eigenvalue weighted by molar-refractivity contribution is -0.121. The fourth-order valence-electron chi connectivity index (χ4n) is 4.45. The van der Waals surface area contributed by atoms with E-state index in [1.54, 1.807) is 12.1 Å². The van der Waals surface area contributed by atoms with Gasteiger partial charge in [0.15, 0.2) is 0 Å². The molecular weight excluding hydrogens is 456 g/mol. The van der Waals surface area contributed by atoms with E-state index >= 15 is 0 Å². The van der Waals surface area contributed by atoms with Gasteiger partial charge in [0.2, 0.25) is 15.9 Å². The number of unbranched alkanes of at least 4 members (excludes halogenated alkanes) is 18. The first-order valence-electron chi connectivity index (χ1n) is 14.3.